The lowest BCUT2D eigenvalue weighted by Gasteiger charge is -2.10. The van der Waals surface area contributed by atoms with E-state index in [1.807, 2.05) is 165 Å². The van der Waals surface area contributed by atoms with Gasteiger partial charge in [0, 0.05) is 22.0 Å². The van der Waals surface area contributed by atoms with Crippen LogP contribution in [-0.4, -0.2) is 81.9 Å². The fourth-order valence-corrected chi connectivity index (χ4v) is 9.76. The van der Waals surface area contributed by atoms with Crippen LogP contribution >= 0.6 is 15.9 Å². The van der Waals surface area contributed by atoms with E-state index in [9.17, 15) is 9.59 Å². The third-order valence-corrected chi connectivity index (χ3v) is 15.3. The van der Waals surface area contributed by atoms with Gasteiger partial charge in [0.05, 0.1) is 53.3 Å². The van der Waals surface area contributed by atoms with Gasteiger partial charge in [-0.05, 0) is 156 Å². The van der Waals surface area contributed by atoms with Crippen molar-refractivity contribution in [3.63, 3.8) is 0 Å². The summed E-state index contributed by atoms with van der Waals surface area (Å²) in [7, 11) is 4.46. The Morgan fingerprint density at radius 3 is 1.04 bits per heavy atom. The van der Waals surface area contributed by atoms with E-state index >= 15 is 0 Å². The number of oxime groups is 3. The van der Waals surface area contributed by atoms with Crippen molar-refractivity contribution in [1.29, 1.82) is 15.8 Å². The SMILES string of the molecule is CCOC(=O)C1CC1c1ccc(OCc2ccc(OC/C(=N\OC)c3ccc(C#N)cc3)cc2)cc1.CO/N=C(\COc1ccc(CBr)cc1)c1ccc(C#N)cc1.CO/N=C(\COc1ccc(COc2ccc(C3CC3C(=O)O)cc2)cc1)c1ccc(C#N)cc1. The molecule has 0 heterocycles. The summed E-state index contributed by atoms with van der Waals surface area (Å²) in [5.41, 5.74) is 11.5. The van der Waals surface area contributed by atoms with Crippen molar-refractivity contribution in [2.75, 3.05) is 47.8 Å². The van der Waals surface area contributed by atoms with Gasteiger partial charge in [0.25, 0.3) is 0 Å². The van der Waals surface area contributed by atoms with Crippen LogP contribution in [0.2, 0.25) is 0 Å². The molecule has 1 N–H and O–H groups in total. The minimum absolute atomic E-state index is 0.0154. The molecule has 0 aromatic heterocycles. The number of rotatable bonds is 27. The molecule has 4 unspecified atom stereocenters. The van der Waals surface area contributed by atoms with Crippen LogP contribution in [0.25, 0.3) is 0 Å². The number of halogens is 1. The summed E-state index contributed by atoms with van der Waals surface area (Å²) in [6, 6.07) is 66.2. The number of carbonyl (C=O) groups is 2. The molecule has 0 bridgehead atoms. The molecule has 0 amide bonds. The first-order valence-corrected chi connectivity index (χ1v) is 30.4. The average molecular weight is 1300 g/mol. The summed E-state index contributed by atoms with van der Waals surface area (Å²) in [5.74, 6) is 2.91. The molecule has 0 spiro atoms. The molecule has 4 atom stereocenters. The van der Waals surface area contributed by atoms with Crippen LogP contribution < -0.4 is 23.7 Å². The number of alkyl halides is 1. The van der Waals surface area contributed by atoms with Gasteiger partial charge in [0.15, 0.2) is 0 Å². The van der Waals surface area contributed by atoms with Gasteiger partial charge in [-0.25, -0.2) is 0 Å². The standard InChI is InChI=1S/C29H28N2O5.C27H24N2O5.C17H15BrN2O2/c1-3-34-29(32)27-16-26(27)22-10-14-25(15-11-22)35-18-21-6-12-24(13-7-21)36-19-28(31-33-2)23-8-4-20(17-30)5-9-23;1-32-29-26(21-6-2-18(15-28)3-7-21)17-34-22-10-4-19(5-11-22)16-33-23-12-8-20(9-13-23)24-14-25(24)27(30)31;1-21-20-17(15-6-2-14(11-19)3-7-15)12-22-16-8-4-13(10-18)5-9-16/h4-15,26-27H,3,16,18-19H2,1-2H3;2-13,24-25H,14,16-17H2,1H3,(H,30,31);2-9H,10,12H2,1H3/b31-28+;29-26+;20-17+. The second-order valence-corrected chi connectivity index (χ2v) is 21.4. The second kappa shape index (κ2) is 34.7. The van der Waals surface area contributed by atoms with Crippen molar-refractivity contribution in [2.24, 2.45) is 27.3 Å². The molecule has 2 aliphatic carbocycles. The van der Waals surface area contributed by atoms with Gasteiger partial charge in [-0.15, -0.1) is 0 Å². The van der Waals surface area contributed by atoms with E-state index in [-0.39, 0.29) is 49.5 Å². The van der Waals surface area contributed by atoms with E-state index in [0.717, 1.165) is 67.9 Å². The molecule has 10 rings (SSSR count). The molecule has 18 nitrogen and oxygen atoms in total. The second-order valence-electron chi connectivity index (χ2n) is 20.9. The lowest BCUT2D eigenvalue weighted by molar-refractivity contribution is -0.144. The van der Waals surface area contributed by atoms with Crippen molar-refractivity contribution >= 4 is 45.0 Å². The molecule has 19 heteroatoms. The quantitative estimate of drug-likeness (QED) is 0.0218. The first kappa shape index (κ1) is 67.0. The summed E-state index contributed by atoms with van der Waals surface area (Å²) in [6.45, 7) is 3.80. The predicted molar refractivity (Wildman–Crippen MR) is 350 cm³/mol. The fraction of sp³-hybridized carbons (Fsp3) is 0.233. The van der Waals surface area contributed by atoms with Crippen LogP contribution in [0, 0.1) is 45.8 Å². The lowest BCUT2D eigenvalue weighted by Crippen LogP contribution is -2.13. The summed E-state index contributed by atoms with van der Waals surface area (Å²) in [6.07, 6.45) is 1.55. The molecule has 0 aliphatic heterocycles. The van der Waals surface area contributed by atoms with Crippen LogP contribution in [0.15, 0.2) is 210 Å². The zero-order valence-corrected chi connectivity index (χ0v) is 52.7. The van der Waals surface area contributed by atoms with Crippen LogP contribution in [-0.2, 0) is 47.4 Å². The van der Waals surface area contributed by atoms with E-state index in [2.05, 4.69) is 49.6 Å². The molecule has 8 aromatic rings. The molecule has 2 aliphatic rings. The number of aliphatic carboxylic acids is 1. The first-order valence-electron chi connectivity index (χ1n) is 29.3. The summed E-state index contributed by atoms with van der Waals surface area (Å²) < 4.78 is 34.4. The van der Waals surface area contributed by atoms with Crippen molar-refractivity contribution in [3.05, 3.63) is 255 Å². The van der Waals surface area contributed by atoms with Gasteiger partial charge in [0.2, 0.25) is 0 Å². The highest BCUT2D eigenvalue weighted by atomic mass is 79.9. The number of carboxylic acids is 1. The van der Waals surface area contributed by atoms with Crippen LogP contribution in [0.1, 0.15) is 92.8 Å². The minimum atomic E-state index is -0.728. The van der Waals surface area contributed by atoms with E-state index in [1.165, 1.54) is 26.9 Å². The van der Waals surface area contributed by atoms with Gasteiger partial charge in [-0.1, -0.05) is 128 Å². The lowest BCUT2D eigenvalue weighted by atomic mass is 10.1. The molecule has 468 valence electrons. The topological polar surface area (TPSA) is 246 Å². The monoisotopic (exact) mass is 1300 g/mol. The number of hydrogen-bond acceptors (Lipinski definition) is 17. The van der Waals surface area contributed by atoms with E-state index in [0.29, 0.717) is 71.6 Å². The highest BCUT2D eigenvalue weighted by Gasteiger charge is 2.45. The Bertz CT molecular complexity index is 3900. The molecule has 2 fully saturated rings. The van der Waals surface area contributed by atoms with Gasteiger partial charge < -0.3 is 48.0 Å². The molecule has 0 saturated heterocycles. The fourth-order valence-electron chi connectivity index (χ4n) is 9.39. The van der Waals surface area contributed by atoms with Gasteiger partial charge in [-0.3, -0.25) is 9.59 Å². The Balaban J connectivity index is 0.000000183. The third-order valence-electron chi connectivity index (χ3n) is 14.6. The van der Waals surface area contributed by atoms with Crippen molar-refractivity contribution < 1.29 is 57.6 Å². The number of benzene rings is 8. The predicted octanol–water partition coefficient (Wildman–Crippen LogP) is 13.9. The maximum atomic E-state index is 11.9. The zero-order chi connectivity index (χ0) is 65.0. The normalized spacial score (nSPS) is 15.3. The largest absolute Gasteiger partial charge is 0.489 e. The van der Waals surface area contributed by atoms with Crippen molar-refractivity contribution in [2.45, 2.75) is 50.1 Å². The number of hydrogen-bond donors (Lipinski definition) is 1. The highest BCUT2D eigenvalue weighted by Crippen LogP contribution is 2.49. The van der Waals surface area contributed by atoms with Crippen LogP contribution in [0.5, 0.6) is 28.7 Å². The first-order chi connectivity index (χ1) is 44.9. The Hall–Kier alpha value is -10.9. The van der Waals surface area contributed by atoms with E-state index in [1.54, 1.807) is 36.4 Å². The summed E-state index contributed by atoms with van der Waals surface area (Å²) >= 11 is 3.41. The Labute approximate surface area is 543 Å². The molecule has 8 aromatic carbocycles. The molecule has 2 saturated carbocycles. The highest BCUT2D eigenvalue weighted by molar-refractivity contribution is 9.08. The number of nitrogens with zero attached hydrogens (tertiary/aromatic N) is 6. The van der Waals surface area contributed by atoms with E-state index < -0.39 is 5.97 Å². The molecule has 92 heavy (non-hydrogen) atoms. The number of carboxylic acid groups (broad SMARTS) is 1. The molecular formula is C73H67BrN6O12. The maximum Gasteiger partial charge on any atom is 0.309 e. The maximum absolute atomic E-state index is 11.9. The number of carbonyl (C=O) groups excluding carboxylic acids is 1. The molecular weight excluding hydrogens is 1230 g/mol. The smallest absolute Gasteiger partial charge is 0.309 e. The van der Waals surface area contributed by atoms with Crippen LogP contribution in [0.3, 0.4) is 0 Å². The Kier molecular flexibility index (Phi) is 25.3. The van der Waals surface area contributed by atoms with Gasteiger partial charge >= 0.3 is 11.9 Å². The van der Waals surface area contributed by atoms with Crippen LogP contribution in [0.4, 0.5) is 0 Å². The third kappa shape index (κ3) is 20.3. The van der Waals surface area contributed by atoms with Gasteiger partial charge in [0.1, 0.15) is 100 Å². The number of nitriles is 3. The van der Waals surface area contributed by atoms with Gasteiger partial charge in [-0.2, -0.15) is 15.8 Å². The Morgan fingerprint density at radius 2 is 0.750 bits per heavy atom. The average Bonchev–Trinajstić information content (AvgIpc) is 4.73. The number of esters is 1. The number of ether oxygens (including phenoxy) is 6. The summed E-state index contributed by atoms with van der Waals surface area (Å²) in [4.78, 5) is 37.6. The summed E-state index contributed by atoms with van der Waals surface area (Å²) in [5, 5.41) is 48.7. The minimum Gasteiger partial charge on any atom is -0.489 e. The zero-order valence-electron chi connectivity index (χ0n) is 51.1. The van der Waals surface area contributed by atoms with Crippen molar-refractivity contribution in [1.82, 2.24) is 0 Å². The molecule has 0 radical (unpaired) electrons. The van der Waals surface area contributed by atoms with E-state index in [4.69, 9.17) is 63.8 Å². The Morgan fingerprint density at radius 1 is 0.446 bits per heavy atom. The van der Waals surface area contributed by atoms with Crippen molar-refractivity contribution in [3.8, 4) is 47.0 Å².